The monoisotopic (exact) mass is 200 g/mol. The lowest BCUT2D eigenvalue weighted by molar-refractivity contribution is -0.132. The van der Waals surface area contributed by atoms with Gasteiger partial charge in [-0.3, -0.25) is 20.2 Å². The maximum atomic E-state index is 11.0. The molecule has 1 saturated heterocycles. The van der Waals surface area contributed by atoms with Gasteiger partial charge < -0.3 is 9.80 Å². The van der Waals surface area contributed by atoms with E-state index in [2.05, 4.69) is 10.6 Å². The number of nitrogens with one attached hydrogen (secondary N) is 2. The van der Waals surface area contributed by atoms with Crippen molar-refractivity contribution in [3.8, 4) is 0 Å². The van der Waals surface area contributed by atoms with Crippen LogP contribution in [0.15, 0.2) is 0 Å². The minimum atomic E-state index is 0.0151. The van der Waals surface area contributed by atoms with Crippen molar-refractivity contribution in [2.75, 3.05) is 26.7 Å². The first-order valence-electron chi connectivity index (χ1n) is 4.53. The zero-order valence-electron chi connectivity index (χ0n) is 8.54. The molecule has 0 aromatic heterocycles. The van der Waals surface area contributed by atoms with Gasteiger partial charge in [0.25, 0.3) is 0 Å². The number of hydrogen-bond acceptors (Lipinski definition) is 4. The standard InChI is InChI=1S/C8H16N4O2/c1-7(13)11-3-9-5-12(8(2)14)6-10-4-11/h9-10H,3-6H2,1-2H3. The van der Waals surface area contributed by atoms with Crippen LogP contribution in [0.4, 0.5) is 0 Å². The molecule has 1 rings (SSSR count). The molecule has 0 aromatic carbocycles. The van der Waals surface area contributed by atoms with Gasteiger partial charge in [-0.1, -0.05) is 0 Å². The fourth-order valence-electron chi connectivity index (χ4n) is 1.20. The van der Waals surface area contributed by atoms with Crippen molar-refractivity contribution in [2.24, 2.45) is 0 Å². The average molecular weight is 200 g/mol. The fourth-order valence-corrected chi connectivity index (χ4v) is 1.20. The van der Waals surface area contributed by atoms with Gasteiger partial charge in [0, 0.05) is 13.8 Å². The molecule has 0 radical (unpaired) electrons. The molecule has 0 saturated carbocycles. The van der Waals surface area contributed by atoms with Crippen molar-refractivity contribution >= 4 is 11.8 Å². The summed E-state index contributed by atoms with van der Waals surface area (Å²) in [5.74, 6) is 0.0301. The third-order valence-electron chi connectivity index (χ3n) is 2.10. The lowest BCUT2D eigenvalue weighted by Gasteiger charge is -2.30. The number of amides is 2. The first-order valence-corrected chi connectivity index (χ1v) is 4.53. The van der Waals surface area contributed by atoms with Gasteiger partial charge in [0.1, 0.15) is 0 Å². The average Bonchev–Trinajstić information content (AvgIpc) is 2.01. The van der Waals surface area contributed by atoms with Gasteiger partial charge in [0.2, 0.25) is 11.8 Å². The zero-order valence-corrected chi connectivity index (χ0v) is 8.54. The summed E-state index contributed by atoms with van der Waals surface area (Å²) in [4.78, 5) is 25.4. The molecule has 1 heterocycles. The van der Waals surface area contributed by atoms with Crippen molar-refractivity contribution in [1.29, 1.82) is 0 Å². The van der Waals surface area contributed by atoms with Crippen LogP contribution in [0.25, 0.3) is 0 Å². The highest BCUT2D eigenvalue weighted by Crippen LogP contribution is 1.91. The Morgan fingerprint density at radius 3 is 1.36 bits per heavy atom. The maximum absolute atomic E-state index is 11.0. The molecular formula is C8H16N4O2. The number of carbonyl (C=O) groups is 2. The molecule has 1 aliphatic rings. The summed E-state index contributed by atoms with van der Waals surface area (Å²) in [7, 11) is 0. The Balaban J connectivity index is 2.43. The highest BCUT2D eigenvalue weighted by atomic mass is 16.2. The normalized spacial score (nSPS) is 18.7. The molecule has 6 heteroatoms. The molecule has 0 spiro atoms. The minimum Gasteiger partial charge on any atom is -0.317 e. The highest BCUT2D eigenvalue weighted by molar-refractivity contribution is 5.74. The van der Waals surface area contributed by atoms with Crippen molar-refractivity contribution in [1.82, 2.24) is 20.4 Å². The highest BCUT2D eigenvalue weighted by Gasteiger charge is 2.14. The van der Waals surface area contributed by atoms with Crippen LogP contribution < -0.4 is 10.6 Å². The van der Waals surface area contributed by atoms with Crippen molar-refractivity contribution in [2.45, 2.75) is 13.8 Å². The van der Waals surface area contributed by atoms with Crippen LogP contribution in [0.5, 0.6) is 0 Å². The predicted octanol–water partition coefficient (Wildman–Crippen LogP) is -1.29. The van der Waals surface area contributed by atoms with Crippen LogP contribution in [0.1, 0.15) is 13.8 Å². The van der Waals surface area contributed by atoms with Gasteiger partial charge in [0.15, 0.2) is 0 Å². The summed E-state index contributed by atoms with van der Waals surface area (Å²) in [6.45, 7) is 4.90. The van der Waals surface area contributed by atoms with Gasteiger partial charge in [0.05, 0.1) is 26.7 Å². The molecular weight excluding hydrogens is 184 g/mol. The molecule has 6 nitrogen and oxygen atoms in total. The van der Waals surface area contributed by atoms with Gasteiger partial charge in [-0.05, 0) is 0 Å². The second-order valence-electron chi connectivity index (χ2n) is 3.25. The fraction of sp³-hybridized carbons (Fsp3) is 0.750. The molecule has 1 aliphatic heterocycles. The summed E-state index contributed by atoms with van der Waals surface area (Å²) in [5, 5.41) is 6.04. The first kappa shape index (κ1) is 10.9. The van der Waals surface area contributed by atoms with E-state index in [1.54, 1.807) is 9.80 Å². The SMILES string of the molecule is CC(=O)N1CNCN(C(C)=O)CNC1. The smallest absolute Gasteiger partial charge is 0.221 e. The zero-order chi connectivity index (χ0) is 10.6. The Morgan fingerprint density at radius 2 is 1.14 bits per heavy atom. The molecule has 2 amide bonds. The topological polar surface area (TPSA) is 64.7 Å². The van der Waals surface area contributed by atoms with Crippen LogP contribution in [-0.4, -0.2) is 48.3 Å². The first-order chi connectivity index (χ1) is 6.61. The second kappa shape index (κ2) is 4.92. The van der Waals surface area contributed by atoms with E-state index >= 15 is 0 Å². The Kier molecular flexibility index (Phi) is 3.84. The molecule has 80 valence electrons. The van der Waals surface area contributed by atoms with Gasteiger partial charge in [-0.25, -0.2) is 0 Å². The van der Waals surface area contributed by atoms with Crippen LogP contribution in [-0.2, 0) is 9.59 Å². The Bertz CT molecular complexity index is 199. The number of nitrogens with zero attached hydrogens (tertiary/aromatic N) is 2. The quantitative estimate of drug-likeness (QED) is 0.510. The summed E-state index contributed by atoms with van der Waals surface area (Å²) in [6.07, 6.45) is 0. The summed E-state index contributed by atoms with van der Waals surface area (Å²) < 4.78 is 0. The Labute approximate surface area is 83.2 Å². The van der Waals surface area contributed by atoms with Crippen LogP contribution >= 0.6 is 0 Å². The van der Waals surface area contributed by atoms with Crippen LogP contribution in [0.2, 0.25) is 0 Å². The lowest BCUT2D eigenvalue weighted by Crippen LogP contribution is -2.53. The number of rotatable bonds is 0. The van der Waals surface area contributed by atoms with Gasteiger partial charge in [-0.2, -0.15) is 0 Å². The third-order valence-corrected chi connectivity index (χ3v) is 2.10. The van der Waals surface area contributed by atoms with Gasteiger partial charge >= 0.3 is 0 Å². The van der Waals surface area contributed by atoms with E-state index in [-0.39, 0.29) is 11.8 Å². The summed E-state index contributed by atoms with van der Waals surface area (Å²) >= 11 is 0. The Hall–Kier alpha value is -1.14. The third kappa shape index (κ3) is 2.97. The molecule has 14 heavy (non-hydrogen) atoms. The molecule has 0 atom stereocenters. The van der Waals surface area contributed by atoms with Crippen LogP contribution in [0, 0.1) is 0 Å². The van der Waals surface area contributed by atoms with Crippen molar-refractivity contribution in [3.63, 3.8) is 0 Å². The van der Waals surface area contributed by atoms with Crippen molar-refractivity contribution < 1.29 is 9.59 Å². The van der Waals surface area contributed by atoms with E-state index in [1.165, 1.54) is 13.8 Å². The summed E-state index contributed by atoms with van der Waals surface area (Å²) in [5.41, 5.74) is 0. The van der Waals surface area contributed by atoms with E-state index in [0.717, 1.165) is 0 Å². The lowest BCUT2D eigenvalue weighted by atomic mass is 10.5. The molecule has 0 unspecified atom stereocenters. The maximum Gasteiger partial charge on any atom is 0.221 e. The molecule has 2 N–H and O–H groups in total. The predicted molar refractivity (Wildman–Crippen MR) is 50.8 cm³/mol. The van der Waals surface area contributed by atoms with E-state index < -0.39 is 0 Å². The summed E-state index contributed by atoms with van der Waals surface area (Å²) in [6, 6.07) is 0. The van der Waals surface area contributed by atoms with E-state index in [1.807, 2.05) is 0 Å². The van der Waals surface area contributed by atoms with E-state index in [0.29, 0.717) is 26.7 Å². The number of carbonyl (C=O) groups excluding carboxylic acids is 2. The van der Waals surface area contributed by atoms with E-state index in [4.69, 9.17) is 0 Å². The van der Waals surface area contributed by atoms with Crippen molar-refractivity contribution in [3.05, 3.63) is 0 Å². The molecule has 1 fully saturated rings. The molecule has 0 bridgehead atoms. The van der Waals surface area contributed by atoms with E-state index in [9.17, 15) is 9.59 Å². The Morgan fingerprint density at radius 1 is 0.857 bits per heavy atom. The minimum absolute atomic E-state index is 0.0151. The van der Waals surface area contributed by atoms with Crippen LogP contribution in [0.3, 0.4) is 0 Å². The molecule has 0 aromatic rings. The second-order valence-corrected chi connectivity index (χ2v) is 3.25. The number of hydrogen-bond donors (Lipinski definition) is 2. The molecule has 0 aliphatic carbocycles. The van der Waals surface area contributed by atoms with Gasteiger partial charge in [-0.15, -0.1) is 0 Å². The largest absolute Gasteiger partial charge is 0.317 e.